The van der Waals surface area contributed by atoms with E-state index in [4.69, 9.17) is 17.2 Å². The molecule has 10 heavy (non-hydrogen) atoms. The second kappa shape index (κ2) is 6.95. The van der Waals surface area contributed by atoms with Gasteiger partial charge in [0.2, 0.25) is 0 Å². The molecule has 0 saturated carbocycles. The molecular weight excluding hydrogens is 128 g/mol. The van der Waals surface area contributed by atoms with E-state index in [0.717, 1.165) is 25.9 Å². The third kappa shape index (κ3) is 7.84. The van der Waals surface area contributed by atoms with Gasteiger partial charge in [-0.1, -0.05) is 0 Å². The predicted octanol–water partition coefficient (Wildman–Crippen LogP) is -1.44. The summed E-state index contributed by atoms with van der Waals surface area (Å²) in [5.74, 6) is 0. The summed E-state index contributed by atoms with van der Waals surface area (Å²) in [5.41, 5.74) is 15.9. The zero-order valence-electron chi connectivity index (χ0n) is 6.34. The van der Waals surface area contributed by atoms with Crippen LogP contribution in [0.1, 0.15) is 12.8 Å². The Balaban J connectivity index is 2.77. The molecule has 0 atom stereocenters. The summed E-state index contributed by atoms with van der Waals surface area (Å²) in [6.45, 7) is 2.41. The van der Waals surface area contributed by atoms with Gasteiger partial charge in [0.05, 0.1) is 6.17 Å². The zero-order valence-corrected chi connectivity index (χ0v) is 6.34. The van der Waals surface area contributed by atoms with Crippen molar-refractivity contribution in [2.45, 2.75) is 19.0 Å². The van der Waals surface area contributed by atoms with Crippen LogP contribution in [0, 0.1) is 0 Å². The van der Waals surface area contributed by atoms with Gasteiger partial charge in [-0.2, -0.15) is 0 Å². The summed E-state index contributed by atoms with van der Waals surface area (Å²) in [6.07, 6.45) is 1.92. The number of nitrogens with one attached hydrogen (secondary N) is 1. The van der Waals surface area contributed by atoms with Crippen molar-refractivity contribution in [3.05, 3.63) is 0 Å². The molecule has 0 aromatic carbocycles. The quantitative estimate of drug-likeness (QED) is 0.273. The summed E-state index contributed by atoms with van der Waals surface area (Å²) in [6, 6.07) is 0. The van der Waals surface area contributed by atoms with Crippen LogP contribution in [0.4, 0.5) is 0 Å². The van der Waals surface area contributed by atoms with Gasteiger partial charge in [0.25, 0.3) is 0 Å². The predicted molar refractivity (Wildman–Crippen MR) is 43.3 cm³/mol. The first-order valence-corrected chi connectivity index (χ1v) is 3.69. The fraction of sp³-hybridized carbons (Fsp3) is 1.00. The van der Waals surface area contributed by atoms with E-state index in [0.29, 0.717) is 6.54 Å². The normalized spacial score (nSPS) is 10.8. The van der Waals surface area contributed by atoms with Crippen molar-refractivity contribution in [3.8, 4) is 0 Å². The van der Waals surface area contributed by atoms with Gasteiger partial charge in [-0.05, 0) is 25.9 Å². The van der Waals surface area contributed by atoms with Crippen molar-refractivity contribution in [2.24, 2.45) is 17.2 Å². The molecule has 0 fully saturated rings. The molecular formula is C6H18N4. The molecule has 0 spiro atoms. The number of nitrogens with two attached hydrogens (primary N) is 3. The number of rotatable bonds is 6. The lowest BCUT2D eigenvalue weighted by atomic mass is 10.3. The molecule has 0 radical (unpaired) electrons. The molecule has 4 heteroatoms. The Morgan fingerprint density at radius 2 is 1.90 bits per heavy atom. The molecule has 0 unspecified atom stereocenters. The van der Waals surface area contributed by atoms with Crippen LogP contribution in [0.25, 0.3) is 0 Å². The van der Waals surface area contributed by atoms with Gasteiger partial charge in [-0.25, -0.2) is 0 Å². The molecule has 0 heterocycles. The Morgan fingerprint density at radius 3 is 2.40 bits per heavy atom. The number of hydrogen-bond acceptors (Lipinski definition) is 4. The number of hydrogen-bond donors (Lipinski definition) is 4. The minimum absolute atomic E-state index is 0.238. The van der Waals surface area contributed by atoms with Crippen LogP contribution in [0.3, 0.4) is 0 Å². The Morgan fingerprint density at radius 1 is 1.20 bits per heavy atom. The maximum atomic E-state index is 5.30. The number of unbranched alkanes of at least 4 members (excludes halogenated alkanes) is 1. The van der Waals surface area contributed by atoms with Crippen molar-refractivity contribution in [1.29, 1.82) is 0 Å². The minimum Gasteiger partial charge on any atom is -0.330 e. The largest absolute Gasteiger partial charge is 0.330 e. The van der Waals surface area contributed by atoms with Crippen molar-refractivity contribution in [3.63, 3.8) is 0 Å². The van der Waals surface area contributed by atoms with E-state index in [-0.39, 0.29) is 6.17 Å². The van der Waals surface area contributed by atoms with Crippen LogP contribution in [-0.2, 0) is 0 Å². The van der Waals surface area contributed by atoms with Crippen LogP contribution in [0.5, 0.6) is 0 Å². The lowest BCUT2D eigenvalue weighted by Crippen LogP contribution is -2.41. The van der Waals surface area contributed by atoms with E-state index in [1.165, 1.54) is 0 Å². The van der Waals surface area contributed by atoms with Crippen molar-refractivity contribution in [2.75, 3.05) is 19.6 Å². The molecule has 7 N–H and O–H groups in total. The van der Waals surface area contributed by atoms with Crippen molar-refractivity contribution in [1.82, 2.24) is 5.32 Å². The highest BCUT2D eigenvalue weighted by Crippen LogP contribution is 1.81. The van der Waals surface area contributed by atoms with Gasteiger partial charge < -0.3 is 22.5 Å². The van der Waals surface area contributed by atoms with Gasteiger partial charge in [0.15, 0.2) is 0 Å². The lowest BCUT2D eigenvalue weighted by Gasteiger charge is -2.06. The maximum Gasteiger partial charge on any atom is 0.0649 e. The molecule has 0 saturated heterocycles. The van der Waals surface area contributed by atoms with E-state index in [9.17, 15) is 0 Å². The summed E-state index contributed by atoms with van der Waals surface area (Å²) >= 11 is 0. The smallest absolute Gasteiger partial charge is 0.0649 e. The SMILES string of the molecule is NCCCCNCC(N)N. The van der Waals surface area contributed by atoms with E-state index < -0.39 is 0 Å². The molecule has 0 aliphatic heterocycles. The van der Waals surface area contributed by atoms with Gasteiger partial charge in [0, 0.05) is 6.54 Å². The Kier molecular flexibility index (Phi) is 6.84. The first kappa shape index (κ1) is 9.84. The zero-order chi connectivity index (χ0) is 7.82. The highest BCUT2D eigenvalue weighted by molar-refractivity contribution is 4.55. The van der Waals surface area contributed by atoms with Gasteiger partial charge in [-0.15, -0.1) is 0 Å². The van der Waals surface area contributed by atoms with E-state index >= 15 is 0 Å². The fourth-order valence-corrected chi connectivity index (χ4v) is 0.663. The second-order valence-corrected chi connectivity index (χ2v) is 2.36. The molecule has 0 rings (SSSR count). The van der Waals surface area contributed by atoms with Gasteiger partial charge >= 0.3 is 0 Å². The van der Waals surface area contributed by atoms with Crippen LogP contribution in [-0.4, -0.2) is 25.8 Å². The molecule has 0 amide bonds. The average Bonchev–Trinajstić information content (AvgIpc) is 1.87. The Labute approximate surface area is 62.1 Å². The molecule has 0 aliphatic carbocycles. The van der Waals surface area contributed by atoms with Crippen molar-refractivity contribution >= 4 is 0 Å². The third-order valence-electron chi connectivity index (χ3n) is 1.19. The molecule has 62 valence electrons. The molecule has 4 nitrogen and oxygen atoms in total. The van der Waals surface area contributed by atoms with Crippen molar-refractivity contribution < 1.29 is 0 Å². The van der Waals surface area contributed by atoms with E-state index in [2.05, 4.69) is 5.32 Å². The summed E-state index contributed by atoms with van der Waals surface area (Å²) in [4.78, 5) is 0. The Hall–Kier alpha value is -0.160. The molecule has 0 aromatic heterocycles. The van der Waals surface area contributed by atoms with Crippen LogP contribution in [0.2, 0.25) is 0 Å². The molecule has 0 bridgehead atoms. The lowest BCUT2D eigenvalue weighted by molar-refractivity contribution is 0.568. The third-order valence-corrected chi connectivity index (χ3v) is 1.19. The van der Waals surface area contributed by atoms with E-state index in [1.807, 2.05) is 0 Å². The summed E-state index contributed by atoms with van der Waals surface area (Å²) < 4.78 is 0. The van der Waals surface area contributed by atoms with Gasteiger partial charge in [0.1, 0.15) is 0 Å². The maximum absolute atomic E-state index is 5.30. The van der Waals surface area contributed by atoms with Gasteiger partial charge in [-0.3, -0.25) is 0 Å². The minimum atomic E-state index is -0.238. The van der Waals surface area contributed by atoms with Crippen LogP contribution < -0.4 is 22.5 Å². The van der Waals surface area contributed by atoms with Crippen LogP contribution >= 0.6 is 0 Å². The average molecular weight is 146 g/mol. The fourth-order valence-electron chi connectivity index (χ4n) is 0.663. The highest BCUT2D eigenvalue weighted by atomic mass is 15.0. The molecule has 0 aromatic rings. The van der Waals surface area contributed by atoms with Crippen LogP contribution in [0.15, 0.2) is 0 Å². The first-order valence-electron chi connectivity index (χ1n) is 3.69. The highest BCUT2D eigenvalue weighted by Gasteiger charge is 1.91. The standard InChI is InChI=1S/C6H18N4/c7-3-1-2-4-10-5-6(8)9/h6,10H,1-5,7-9H2. The second-order valence-electron chi connectivity index (χ2n) is 2.36. The topological polar surface area (TPSA) is 90.1 Å². The molecule has 0 aliphatic rings. The monoisotopic (exact) mass is 146 g/mol. The summed E-state index contributed by atoms with van der Waals surface area (Å²) in [5, 5.41) is 3.11. The first-order chi connectivity index (χ1) is 4.77. The Bertz CT molecular complexity index is 64.8. The summed E-state index contributed by atoms with van der Waals surface area (Å²) in [7, 11) is 0. The van der Waals surface area contributed by atoms with E-state index in [1.54, 1.807) is 0 Å².